The van der Waals surface area contributed by atoms with Crippen LogP contribution in [0.4, 0.5) is 13.2 Å². The average molecular weight is 359 g/mol. The van der Waals surface area contributed by atoms with E-state index < -0.39 is 21.6 Å². The van der Waals surface area contributed by atoms with Gasteiger partial charge in [0, 0.05) is 5.33 Å². The molecule has 0 unspecified atom stereocenters. The smallest absolute Gasteiger partial charge is 0.224 e. The molecule has 7 heteroatoms. The summed E-state index contributed by atoms with van der Waals surface area (Å²) in [5.74, 6) is -0.124. The van der Waals surface area contributed by atoms with Crippen molar-refractivity contribution in [2.24, 2.45) is 0 Å². The molecule has 0 aliphatic heterocycles. The first-order valence-electron chi connectivity index (χ1n) is 5.73. The topological polar surface area (TPSA) is 34.1 Å². The van der Waals surface area contributed by atoms with Gasteiger partial charge in [0.05, 0.1) is 16.2 Å². The second-order valence-corrected chi connectivity index (χ2v) is 7.00. The fourth-order valence-corrected chi connectivity index (χ4v) is 3.36. The number of rotatable bonds is 6. The Morgan fingerprint density at radius 2 is 1.79 bits per heavy atom. The molecular weight excluding hydrogens is 345 g/mol. The van der Waals surface area contributed by atoms with Gasteiger partial charge in [-0.1, -0.05) is 28.4 Å². The van der Waals surface area contributed by atoms with Gasteiger partial charge in [-0.2, -0.15) is 13.2 Å². The third-order valence-corrected chi connectivity index (χ3v) is 4.93. The van der Waals surface area contributed by atoms with Crippen LogP contribution < -0.4 is 0 Å². The average Bonchev–Trinajstić information content (AvgIpc) is 2.34. The first-order valence-corrected chi connectivity index (χ1v) is 8.51. The van der Waals surface area contributed by atoms with Crippen molar-refractivity contribution < 1.29 is 21.6 Å². The number of hydrogen-bond acceptors (Lipinski definition) is 2. The number of hydrogen-bond donors (Lipinski definition) is 0. The Kier molecular flexibility index (Phi) is 5.85. The second kappa shape index (κ2) is 6.74. The molecule has 0 bridgehead atoms. The van der Waals surface area contributed by atoms with Crippen molar-refractivity contribution in [2.45, 2.75) is 30.3 Å². The molecule has 1 aromatic carbocycles. The predicted molar refractivity (Wildman–Crippen MR) is 71.1 cm³/mol. The molecule has 0 fully saturated rings. The Morgan fingerprint density at radius 1 is 1.11 bits per heavy atom. The molecule has 0 heterocycles. The number of sulfone groups is 1. The van der Waals surface area contributed by atoms with Gasteiger partial charge in [0.25, 0.3) is 0 Å². The summed E-state index contributed by atoms with van der Waals surface area (Å²) in [4.78, 5) is -0.263. The van der Waals surface area contributed by atoms with Gasteiger partial charge in [-0.3, -0.25) is 0 Å². The molecule has 0 saturated carbocycles. The lowest BCUT2D eigenvalue weighted by Gasteiger charge is -2.09. The van der Waals surface area contributed by atoms with Crippen LogP contribution in [0, 0.1) is 0 Å². The summed E-state index contributed by atoms with van der Waals surface area (Å²) in [7, 11) is -3.64. The van der Waals surface area contributed by atoms with Gasteiger partial charge < -0.3 is 0 Å². The minimum absolute atomic E-state index is 0.124. The number of alkyl halides is 4. The zero-order valence-electron chi connectivity index (χ0n) is 10.1. The van der Waals surface area contributed by atoms with Crippen LogP contribution >= 0.6 is 15.9 Å². The van der Waals surface area contributed by atoms with E-state index in [-0.39, 0.29) is 10.6 Å². The molecule has 0 saturated heterocycles. The number of unbranched alkanes of at least 4 members (excludes halogenated alkanes) is 2. The Bertz CT molecular complexity index is 512. The maximum absolute atomic E-state index is 12.5. The molecule has 0 aromatic heterocycles. The highest BCUT2D eigenvalue weighted by Gasteiger charge is 2.31. The van der Waals surface area contributed by atoms with Crippen molar-refractivity contribution in [1.29, 1.82) is 0 Å². The van der Waals surface area contributed by atoms with Crippen LogP contribution in [0.25, 0.3) is 0 Å². The molecule has 1 aromatic rings. The summed E-state index contributed by atoms with van der Waals surface area (Å²) in [5, 5.41) is 0.788. The molecule has 0 aliphatic carbocycles. The third-order valence-electron chi connectivity index (χ3n) is 2.57. The van der Waals surface area contributed by atoms with Crippen LogP contribution in [-0.2, 0) is 16.0 Å². The van der Waals surface area contributed by atoms with Gasteiger partial charge in [-0.25, -0.2) is 8.42 Å². The lowest BCUT2D eigenvalue weighted by molar-refractivity contribution is -0.137. The first kappa shape index (κ1) is 16.5. The molecule has 0 radical (unpaired) electrons. The summed E-state index contributed by atoms with van der Waals surface area (Å²) < 4.78 is 61.3. The SMILES string of the molecule is O=S(=O)(CCCCCBr)c1cccc(C(F)(F)F)c1. The quantitative estimate of drug-likeness (QED) is 0.567. The summed E-state index contributed by atoms with van der Waals surface area (Å²) in [6.45, 7) is 0. The van der Waals surface area contributed by atoms with Gasteiger partial charge in [0.15, 0.2) is 9.84 Å². The fraction of sp³-hybridized carbons (Fsp3) is 0.500. The highest BCUT2D eigenvalue weighted by molar-refractivity contribution is 9.09. The van der Waals surface area contributed by atoms with Crippen molar-refractivity contribution in [1.82, 2.24) is 0 Å². The fourth-order valence-electron chi connectivity index (χ4n) is 1.55. The molecular formula is C12H14BrF3O2S. The van der Waals surface area contributed by atoms with E-state index in [1.807, 2.05) is 0 Å². The molecule has 108 valence electrons. The van der Waals surface area contributed by atoms with E-state index in [9.17, 15) is 21.6 Å². The maximum Gasteiger partial charge on any atom is 0.416 e. The monoisotopic (exact) mass is 358 g/mol. The van der Waals surface area contributed by atoms with Gasteiger partial charge in [0.1, 0.15) is 0 Å². The van der Waals surface area contributed by atoms with Gasteiger partial charge in [-0.05, 0) is 31.0 Å². The van der Waals surface area contributed by atoms with Crippen molar-refractivity contribution >= 4 is 25.8 Å². The zero-order chi connectivity index (χ0) is 14.5. The summed E-state index contributed by atoms with van der Waals surface area (Å²) in [6, 6.07) is 3.88. The molecule has 0 amide bonds. The standard InChI is InChI=1S/C12H14BrF3O2S/c13-7-2-1-3-8-19(17,18)11-6-4-5-10(9-11)12(14,15)16/h4-6,9H,1-3,7-8H2. The van der Waals surface area contributed by atoms with Gasteiger partial charge in [-0.15, -0.1) is 0 Å². The molecule has 19 heavy (non-hydrogen) atoms. The normalized spacial score (nSPS) is 12.6. The third kappa shape index (κ3) is 5.14. The Hall–Kier alpha value is -0.560. The summed E-state index contributed by atoms with van der Waals surface area (Å²) in [5.41, 5.74) is -0.936. The van der Waals surface area contributed by atoms with Crippen LogP contribution in [0.3, 0.4) is 0 Å². The van der Waals surface area contributed by atoms with Crippen LogP contribution in [0.2, 0.25) is 0 Å². The van der Waals surface area contributed by atoms with E-state index in [4.69, 9.17) is 0 Å². The number of benzene rings is 1. The van der Waals surface area contributed by atoms with Crippen LogP contribution in [0.5, 0.6) is 0 Å². The highest BCUT2D eigenvalue weighted by Crippen LogP contribution is 2.30. The van der Waals surface area contributed by atoms with E-state index in [1.54, 1.807) is 0 Å². The van der Waals surface area contributed by atoms with Crippen molar-refractivity contribution in [3.8, 4) is 0 Å². The Labute approximate surface area is 119 Å². The van der Waals surface area contributed by atoms with Gasteiger partial charge >= 0.3 is 6.18 Å². The Balaban J connectivity index is 2.84. The zero-order valence-corrected chi connectivity index (χ0v) is 12.5. The molecule has 0 spiro atoms. The van der Waals surface area contributed by atoms with E-state index in [0.29, 0.717) is 12.5 Å². The van der Waals surface area contributed by atoms with E-state index in [0.717, 1.165) is 30.3 Å². The maximum atomic E-state index is 12.5. The second-order valence-electron chi connectivity index (χ2n) is 4.09. The Morgan fingerprint density at radius 3 is 2.37 bits per heavy atom. The lowest BCUT2D eigenvalue weighted by atomic mass is 10.2. The minimum atomic E-state index is -4.53. The molecule has 2 nitrogen and oxygen atoms in total. The van der Waals surface area contributed by atoms with Crippen molar-refractivity contribution in [3.63, 3.8) is 0 Å². The van der Waals surface area contributed by atoms with Crippen molar-refractivity contribution in [3.05, 3.63) is 29.8 Å². The molecule has 0 aliphatic rings. The van der Waals surface area contributed by atoms with E-state index in [2.05, 4.69) is 15.9 Å². The molecule has 0 N–H and O–H groups in total. The highest BCUT2D eigenvalue weighted by atomic mass is 79.9. The molecule has 0 atom stereocenters. The van der Waals surface area contributed by atoms with Crippen LogP contribution in [-0.4, -0.2) is 19.5 Å². The molecule has 1 rings (SSSR count). The minimum Gasteiger partial charge on any atom is -0.224 e. The largest absolute Gasteiger partial charge is 0.416 e. The van der Waals surface area contributed by atoms with Crippen LogP contribution in [0.15, 0.2) is 29.2 Å². The predicted octanol–water partition coefficient (Wildman–Crippen LogP) is 4.04. The van der Waals surface area contributed by atoms with Crippen molar-refractivity contribution in [2.75, 3.05) is 11.1 Å². The summed E-state index contributed by atoms with van der Waals surface area (Å²) in [6.07, 6.45) is -2.51. The summed E-state index contributed by atoms with van der Waals surface area (Å²) >= 11 is 3.23. The van der Waals surface area contributed by atoms with E-state index >= 15 is 0 Å². The first-order chi connectivity index (χ1) is 8.77. The number of halogens is 4. The lowest BCUT2D eigenvalue weighted by Crippen LogP contribution is -2.10. The van der Waals surface area contributed by atoms with Gasteiger partial charge in [0.2, 0.25) is 0 Å². The van der Waals surface area contributed by atoms with Crippen LogP contribution in [0.1, 0.15) is 24.8 Å². The van der Waals surface area contributed by atoms with E-state index in [1.165, 1.54) is 6.07 Å².